The molecule has 12 heavy (non-hydrogen) atoms. The molecule has 0 rings (SSSR count). The molecule has 0 amide bonds. The van der Waals surface area contributed by atoms with Gasteiger partial charge in [-0.1, -0.05) is 19.5 Å². The quantitative estimate of drug-likeness (QED) is 0.505. The Balaban J connectivity index is -0.000000107. The first-order valence-electron chi connectivity index (χ1n) is 1.86. The Morgan fingerprint density at radius 1 is 0.917 bits per heavy atom. The van der Waals surface area contributed by atoms with Crippen LogP contribution in [0.15, 0.2) is 0 Å². The molecule has 0 unspecified atom stereocenters. The predicted octanol–water partition coefficient (Wildman–Crippen LogP) is -10.8. The maximum atomic E-state index is 10.2. The monoisotopic (exact) mass is 300 g/mol. The Kier molecular flexibility index (Phi) is 29.3. The maximum Gasteiger partial charge on any atom is 1.00 e. The summed E-state index contributed by atoms with van der Waals surface area (Å²) in [4.78, 5) is 37.3. The molecule has 4 nitrogen and oxygen atoms in total. The van der Waals surface area contributed by atoms with Crippen molar-refractivity contribution in [3.8, 4) is 0 Å². The Morgan fingerprint density at radius 3 is 1.17 bits per heavy atom. The van der Waals surface area contributed by atoms with Crippen LogP contribution in [0.2, 0.25) is 3.91 Å². The third kappa shape index (κ3) is 8.62. The zero-order valence-corrected chi connectivity index (χ0v) is 17.9. The molecule has 0 saturated heterocycles. The van der Waals surface area contributed by atoms with Gasteiger partial charge in [-0.15, -0.1) is 0 Å². The maximum absolute atomic E-state index is 10.2. The van der Waals surface area contributed by atoms with E-state index >= 15 is 0 Å². The second-order valence-electron chi connectivity index (χ2n) is 1.18. The third-order valence-corrected chi connectivity index (χ3v) is 5.77. The molecule has 0 aliphatic rings. The van der Waals surface area contributed by atoms with Crippen molar-refractivity contribution in [1.29, 1.82) is 0 Å². The van der Waals surface area contributed by atoms with Crippen LogP contribution in [0.25, 0.3) is 0 Å². The van der Waals surface area contributed by atoms with Gasteiger partial charge in [-0.2, -0.15) is 0 Å². The van der Waals surface area contributed by atoms with E-state index in [2.05, 4.69) is 0 Å². The van der Waals surface area contributed by atoms with E-state index in [9.17, 15) is 9.59 Å². The molecule has 0 atom stereocenters. The van der Waals surface area contributed by atoms with Crippen molar-refractivity contribution in [2.45, 2.75) is 3.91 Å². The van der Waals surface area contributed by atoms with E-state index in [1.807, 2.05) is 0 Å². The predicted molar refractivity (Wildman–Crippen MR) is 30.1 cm³/mol. The van der Waals surface area contributed by atoms with Crippen molar-refractivity contribution in [3.63, 3.8) is 0 Å². The average Bonchev–Trinajstić information content (AvgIpc) is 1.95. The molecular formula is CH2Na2O4Si4Zn. The van der Waals surface area contributed by atoms with Crippen molar-refractivity contribution in [1.82, 2.24) is 0 Å². The van der Waals surface area contributed by atoms with Crippen LogP contribution >= 0.6 is 0 Å². The minimum Gasteiger partial charge on any atom is -0.863 e. The summed E-state index contributed by atoms with van der Waals surface area (Å²) in [5.74, 6) is 0. The van der Waals surface area contributed by atoms with Gasteiger partial charge in [0.25, 0.3) is 0 Å². The van der Waals surface area contributed by atoms with Crippen LogP contribution in [0.5, 0.6) is 0 Å². The second kappa shape index (κ2) is 14.3. The van der Waals surface area contributed by atoms with Gasteiger partial charge in [-0.25, -0.2) is 0 Å². The first-order valence-corrected chi connectivity index (χ1v) is 5.57. The van der Waals surface area contributed by atoms with Gasteiger partial charge in [0, 0.05) is 19.5 Å². The largest absolute Gasteiger partial charge is 1.00 e. The SMILES string of the molecule is [Na+].[Na+].[O-][Si]C([Si][O-])([Si]O)[Si]O.[Zn]. The van der Waals surface area contributed by atoms with Gasteiger partial charge in [-0.3, -0.25) is 0 Å². The molecule has 50 valence electrons. The molecule has 0 bridgehead atoms. The topological polar surface area (TPSA) is 86.6 Å². The van der Waals surface area contributed by atoms with Gasteiger partial charge in [0.2, 0.25) is 19.5 Å². The van der Waals surface area contributed by atoms with E-state index < -0.39 is 43.0 Å². The molecule has 0 aliphatic heterocycles. The average molecular weight is 302 g/mol. The molecule has 0 heterocycles. The van der Waals surface area contributed by atoms with Crippen LogP contribution in [0.1, 0.15) is 0 Å². The van der Waals surface area contributed by atoms with E-state index in [1.165, 1.54) is 0 Å². The Labute approximate surface area is 138 Å². The number of hydrogen-bond donors (Lipinski definition) is 2. The molecule has 11 heteroatoms. The molecule has 0 aliphatic carbocycles. The van der Waals surface area contributed by atoms with Crippen LogP contribution in [-0.2, 0) is 19.5 Å². The minimum atomic E-state index is -1.22. The fourth-order valence-corrected chi connectivity index (χ4v) is 1.23. The number of hydrogen-bond acceptors (Lipinski definition) is 4. The Morgan fingerprint density at radius 2 is 1.17 bits per heavy atom. The van der Waals surface area contributed by atoms with E-state index in [0.29, 0.717) is 0 Å². The van der Waals surface area contributed by atoms with Crippen molar-refractivity contribution < 1.29 is 97.8 Å². The summed E-state index contributed by atoms with van der Waals surface area (Å²) in [5, 5.41) is 0. The number of rotatable bonds is 4. The van der Waals surface area contributed by atoms with Crippen molar-refractivity contribution in [2.75, 3.05) is 0 Å². The molecule has 0 aromatic rings. The molecule has 0 aromatic carbocycles. The van der Waals surface area contributed by atoms with Gasteiger partial charge in [0.15, 0.2) is 0 Å². The normalized spacial score (nSPS) is 9.00. The van der Waals surface area contributed by atoms with Crippen LogP contribution < -0.4 is 68.7 Å². The Bertz CT molecular complexity index is 67.9. The smallest absolute Gasteiger partial charge is 0.863 e. The molecule has 0 fully saturated rings. The van der Waals surface area contributed by atoms with Crippen LogP contribution in [0.4, 0.5) is 0 Å². The molecule has 0 saturated carbocycles. The van der Waals surface area contributed by atoms with E-state index in [1.54, 1.807) is 0 Å². The second-order valence-corrected chi connectivity index (χ2v) is 8.03. The van der Waals surface area contributed by atoms with Gasteiger partial charge >= 0.3 is 59.1 Å². The summed E-state index contributed by atoms with van der Waals surface area (Å²) in [7, 11) is -3.25. The summed E-state index contributed by atoms with van der Waals surface area (Å²) in [6, 6.07) is 0. The fraction of sp³-hybridized carbons (Fsp3) is 1.00. The van der Waals surface area contributed by atoms with E-state index in [4.69, 9.17) is 9.59 Å². The Hall–Kier alpha value is 3.33. The summed E-state index contributed by atoms with van der Waals surface area (Å²) in [6.07, 6.45) is 0. The third-order valence-electron chi connectivity index (χ3n) is 0.642. The van der Waals surface area contributed by atoms with Gasteiger partial charge < -0.3 is 19.2 Å². The molecule has 2 N–H and O–H groups in total. The summed E-state index contributed by atoms with van der Waals surface area (Å²) < 4.78 is -1.22. The summed E-state index contributed by atoms with van der Waals surface area (Å²) >= 11 is 0. The van der Waals surface area contributed by atoms with Crippen molar-refractivity contribution in [3.05, 3.63) is 0 Å². The molecular weight excluding hydrogens is 300 g/mol. The van der Waals surface area contributed by atoms with Crippen LogP contribution in [0, 0.1) is 0 Å². The molecule has 0 aromatic heterocycles. The first kappa shape index (κ1) is 24.5. The minimum absolute atomic E-state index is 0. The van der Waals surface area contributed by atoms with E-state index in [0.717, 1.165) is 0 Å². The van der Waals surface area contributed by atoms with Crippen molar-refractivity contribution >= 4 is 39.1 Å². The first-order chi connectivity index (χ1) is 4.24. The summed E-state index contributed by atoms with van der Waals surface area (Å²) in [6.45, 7) is 0. The van der Waals surface area contributed by atoms with Gasteiger partial charge in [0.1, 0.15) is 0 Å². The zero-order valence-electron chi connectivity index (χ0n) is 6.92. The van der Waals surface area contributed by atoms with Crippen LogP contribution in [0.3, 0.4) is 0 Å². The van der Waals surface area contributed by atoms with Crippen molar-refractivity contribution in [2.24, 2.45) is 0 Å². The standard InChI is InChI=1S/CH2O4Si4.2Na.Zn/c2-6-1(7-3,8-4)9-5;;;/h2-3H;;;/q-2;2*+1;. The molecule has 8 radical (unpaired) electrons. The van der Waals surface area contributed by atoms with Crippen LogP contribution in [-0.4, -0.2) is 48.6 Å². The molecule has 0 spiro atoms. The summed E-state index contributed by atoms with van der Waals surface area (Å²) in [5.41, 5.74) is 0. The zero-order chi connectivity index (χ0) is 7.33. The van der Waals surface area contributed by atoms with Gasteiger partial charge in [0.05, 0.1) is 0 Å². The van der Waals surface area contributed by atoms with Gasteiger partial charge in [-0.05, 0) is 3.91 Å². The fourth-order valence-electron chi connectivity index (χ4n) is 0.137. The van der Waals surface area contributed by atoms with E-state index in [-0.39, 0.29) is 78.6 Å².